The smallest absolute Gasteiger partial charge is 0.261 e. The van der Waals surface area contributed by atoms with Gasteiger partial charge in [0.25, 0.3) is 8.32 Å². The minimum Gasteiger partial charge on any atom is -0.401 e. The fourth-order valence-electron chi connectivity index (χ4n) is 5.48. The van der Waals surface area contributed by atoms with E-state index in [1.54, 1.807) is 0 Å². The number of fused-ring (bicyclic) bond motifs is 1. The predicted molar refractivity (Wildman–Crippen MR) is 131 cm³/mol. The summed E-state index contributed by atoms with van der Waals surface area (Å²) < 4.78 is 7.34. The summed E-state index contributed by atoms with van der Waals surface area (Å²) in [6.45, 7) is 11.2. The lowest BCUT2D eigenvalue weighted by Crippen LogP contribution is -2.67. The molecule has 0 saturated heterocycles. The Morgan fingerprint density at radius 1 is 0.935 bits per heavy atom. The highest BCUT2D eigenvalue weighted by atomic mass is 28.4. The molecule has 0 N–H and O–H groups in total. The summed E-state index contributed by atoms with van der Waals surface area (Å²) in [7, 11) is -2.59. The number of hydrogen-bond donors (Lipinski definition) is 0. The summed E-state index contributed by atoms with van der Waals surface area (Å²) >= 11 is 0. The number of ketones is 1. The molecular formula is C28H34O2Si. The molecule has 2 aliphatic rings. The molecule has 2 nitrogen and oxygen atoms in total. The second-order valence-corrected chi connectivity index (χ2v) is 14.5. The number of allylic oxidation sites excluding steroid dienone is 3. The Hall–Kier alpha value is -2.23. The predicted octanol–water partition coefficient (Wildman–Crippen LogP) is 5.43. The van der Waals surface area contributed by atoms with Crippen LogP contribution in [-0.4, -0.2) is 20.2 Å². The molecule has 0 heterocycles. The third kappa shape index (κ3) is 3.90. The van der Waals surface area contributed by atoms with Gasteiger partial charge in [-0.05, 0) is 51.7 Å². The second kappa shape index (κ2) is 8.37. The van der Waals surface area contributed by atoms with Gasteiger partial charge in [0.2, 0.25) is 0 Å². The van der Waals surface area contributed by atoms with E-state index in [-0.39, 0.29) is 11.1 Å². The maximum absolute atomic E-state index is 12.3. The molecule has 0 bridgehead atoms. The third-order valence-electron chi connectivity index (χ3n) is 7.18. The molecule has 0 fully saturated rings. The van der Waals surface area contributed by atoms with Crippen molar-refractivity contribution in [3.8, 4) is 0 Å². The van der Waals surface area contributed by atoms with Crippen molar-refractivity contribution in [2.24, 2.45) is 11.8 Å². The zero-order valence-electron chi connectivity index (χ0n) is 19.4. The molecule has 162 valence electrons. The van der Waals surface area contributed by atoms with Crippen LogP contribution in [-0.2, 0) is 9.22 Å². The standard InChI is InChI=1S/C28H34O2Si/c1-20-18-22(16-17-25-21(2)27(29)19-26(20)25)30-31(28(3,4)5,23-12-8-6-9-13-23)24-14-10-7-11-15-24/h6-17,20,22,26H,18-19H2,1-5H3/t20-,22-,26+/m0/s1. The first kappa shape index (κ1) is 22.0. The minimum absolute atomic E-state index is 0.0299. The van der Waals surface area contributed by atoms with Crippen molar-refractivity contribution in [1.29, 1.82) is 0 Å². The van der Waals surface area contributed by atoms with Gasteiger partial charge in [-0.1, -0.05) is 101 Å². The van der Waals surface area contributed by atoms with E-state index in [1.165, 1.54) is 15.9 Å². The van der Waals surface area contributed by atoms with E-state index in [0.29, 0.717) is 24.0 Å². The number of carbonyl (C=O) groups excluding carboxylic acids is 1. The Balaban J connectivity index is 1.82. The molecule has 0 spiro atoms. The molecule has 4 rings (SSSR count). The summed E-state index contributed by atoms with van der Waals surface area (Å²) in [6.07, 6.45) is 6.04. The van der Waals surface area contributed by atoms with E-state index in [0.717, 1.165) is 12.0 Å². The van der Waals surface area contributed by atoms with Crippen molar-refractivity contribution in [3.05, 3.63) is 84.0 Å². The monoisotopic (exact) mass is 430 g/mol. The zero-order valence-corrected chi connectivity index (χ0v) is 20.4. The first-order valence-electron chi connectivity index (χ1n) is 11.4. The number of carbonyl (C=O) groups is 1. The van der Waals surface area contributed by atoms with Crippen LogP contribution in [0.1, 0.15) is 47.5 Å². The Bertz CT molecular complexity index is 959. The quantitative estimate of drug-likeness (QED) is 0.604. The van der Waals surface area contributed by atoms with Crippen LogP contribution in [0, 0.1) is 11.8 Å². The van der Waals surface area contributed by atoms with Crippen LogP contribution in [0.15, 0.2) is 84.0 Å². The topological polar surface area (TPSA) is 26.3 Å². The van der Waals surface area contributed by atoms with Crippen LogP contribution in [0.3, 0.4) is 0 Å². The largest absolute Gasteiger partial charge is 0.401 e. The van der Waals surface area contributed by atoms with Gasteiger partial charge in [-0.3, -0.25) is 4.79 Å². The minimum atomic E-state index is -2.59. The first-order chi connectivity index (χ1) is 14.7. The van der Waals surface area contributed by atoms with Gasteiger partial charge in [0, 0.05) is 6.42 Å². The van der Waals surface area contributed by atoms with Gasteiger partial charge in [-0.2, -0.15) is 0 Å². The molecule has 3 atom stereocenters. The average Bonchev–Trinajstić information content (AvgIpc) is 2.94. The lowest BCUT2D eigenvalue weighted by atomic mass is 9.86. The summed E-state index contributed by atoms with van der Waals surface area (Å²) in [5.41, 5.74) is 2.17. The van der Waals surface area contributed by atoms with E-state index in [9.17, 15) is 4.79 Å². The normalized spacial score (nSPS) is 24.3. The summed E-state index contributed by atoms with van der Waals surface area (Å²) in [5, 5.41) is 2.58. The SMILES string of the molecule is CC1=C2C=C[C@H](O[Si](c3ccccc3)(c3ccccc3)C(C)(C)C)C[C@H](C)[C@H]2CC1=O. The lowest BCUT2D eigenvalue weighted by molar-refractivity contribution is -0.115. The fourth-order valence-corrected chi connectivity index (χ4v) is 10.1. The van der Waals surface area contributed by atoms with Gasteiger partial charge in [0.05, 0.1) is 6.10 Å². The fraction of sp³-hybridized carbons (Fsp3) is 0.393. The number of benzene rings is 2. The molecule has 2 aromatic carbocycles. The highest BCUT2D eigenvalue weighted by Gasteiger charge is 2.51. The van der Waals surface area contributed by atoms with Crippen LogP contribution >= 0.6 is 0 Å². The molecule has 0 aromatic heterocycles. The van der Waals surface area contributed by atoms with E-state index in [4.69, 9.17) is 4.43 Å². The maximum atomic E-state index is 12.3. The van der Waals surface area contributed by atoms with Crippen LogP contribution < -0.4 is 10.4 Å². The average molecular weight is 431 g/mol. The van der Waals surface area contributed by atoms with E-state index >= 15 is 0 Å². The van der Waals surface area contributed by atoms with E-state index < -0.39 is 8.32 Å². The van der Waals surface area contributed by atoms with Crippen molar-refractivity contribution < 1.29 is 9.22 Å². The highest BCUT2D eigenvalue weighted by molar-refractivity contribution is 6.99. The Morgan fingerprint density at radius 2 is 1.48 bits per heavy atom. The van der Waals surface area contributed by atoms with Crippen LogP contribution in [0.25, 0.3) is 0 Å². The number of rotatable bonds is 4. The van der Waals surface area contributed by atoms with Gasteiger partial charge in [-0.25, -0.2) is 0 Å². The summed E-state index contributed by atoms with van der Waals surface area (Å²) in [5.74, 6) is 1.05. The molecule has 0 unspecified atom stereocenters. The number of Topliss-reactive ketones (excluding diaryl/α,β-unsaturated/α-hetero) is 1. The van der Waals surface area contributed by atoms with Crippen molar-refractivity contribution in [1.82, 2.24) is 0 Å². The van der Waals surface area contributed by atoms with Gasteiger partial charge >= 0.3 is 0 Å². The molecule has 0 saturated carbocycles. The van der Waals surface area contributed by atoms with Gasteiger partial charge in [0.15, 0.2) is 5.78 Å². The molecule has 0 radical (unpaired) electrons. The second-order valence-electron chi connectivity index (χ2n) is 10.2. The molecule has 2 aliphatic carbocycles. The van der Waals surface area contributed by atoms with E-state index in [2.05, 4.69) is 101 Å². The molecule has 2 aromatic rings. The lowest BCUT2D eigenvalue weighted by Gasteiger charge is -2.45. The van der Waals surface area contributed by atoms with Crippen LogP contribution in [0.5, 0.6) is 0 Å². The maximum Gasteiger partial charge on any atom is 0.261 e. The van der Waals surface area contributed by atoms with Gasteiger partial charge in [0.1, 0.15) is 0 Å². The van der Waals surface area contributed by atoms with E-state index in [1.807, 2.05) is 6.92 Å². The molecular weight excluding hydrogens is 396 g/mol. The first-order valence-corrected chi connectivity index (χ1v) is 13.4. The molecule has 3 heteroatoms. The van der Waals surface area contributed by atoms with Crippen molar-refractivity contribution in [2.75, 3.05) is 0 Å². The van der Waals surface area contributed by atoms with Crippen molar-refractivity contribution in [3.63, 3.8) is 0 Å². The molecule has 0 aliphatic heterocycles. The number of hydrogen-bond acceptors (Lipinski definition) is 2. The van der Waals surface area contributed by atoms with Crippen molar-refractivity contribution >= 4 is 24.5 Å². The van der Waals surface area contributed by atoms with Gasteiger partial charge in [-0.15, -0.1) is 0 Å². The van der Waals surface area contributed by atoms with Crippen LogP contribution in [0.2, 0.25) is 5.04 Å². The van der Waals surface area contributed by atoms with Gasteiger partial charge < -0.3 is 4.43 Å². The third-order valence-corrected chi connectivity index (χ3v) is 12.2. The summed E-state index contributed by atoms with van der Waals surface area (Å²) in [6, 6.07) is 21.7. The Labute approximate surface area is 188 Å². The molecule has 31 heavy (non-hydrogen) atoms. The highest BCUT2D eigenvalue weighted by Crippen LogP contribution is 2.42. The zero-order chi connectivity index (χ0) is 22.2. The Morgan fingerprint density at radius 3 is 2.00 bits per heavy atom. The Kier molecular flexibility index (Phi) is 5.93. The summed E-state index contributed by atoms with van der Waals surface area (Å²) in [4.78, 5) is 12.3. The van der Waals surface area contributed by atoms with Crippen LogP contribution in [0.4, 0.5) is 0 Å². The van der Waals surface area contributed by atoms with Crippen molar-refractivity contribution in [2.45, 2.75) is 58.6 Å². The molecule has 0 amide bonds.